The van der Waals surface area contributed by atoms with Gasteiger partial charge in [0.2, 0.25) is 0 Å². The Hall–Kier alpha value is -1.26. The molecular formula is C22H35ClIN5O2. The Kier molecular flexibility index (Phi) is 10.6. The number of hydrogen-bond donors (Lipinski definition) is 2. The molecule has 0 aromatic heterocycles. The van der Waals surface area contributed by atoms with Gasteiger partial charge in [-0.25, -0.2) is 4.79 Å². The summed E-state index contributed by atoms with van der Waals surface area (Å²) in [4.78, 5) is 20.6. The molecule has 2 saturated heterocycles. The van der Waals surface area contributed by atoms with Crippen molar-refractivity contribution in [2.24, 2.45) is 16.6 Å². The molecule has 174 valence electrons. The minimum atomic E-state index is -0.230. The predicted octanol–water partition coefficient (Wildman–Crippen LogP) is 3.87. The van der Waals surface area contributed by atoms with Crippen molar-refractivity contribution in [3.05, 3.63) is 34.9 Å². The number of halogens is 2. The molecule has 2 unspecified atom stereocenters. The monoisotopic (exact) mass is 563 g/mol. The van der Waals surface area contributed by atoms with Gasteiger partial charge in [-0.15, -0.1) is 24.0 Å². The number of likely N-dealkylation sites (tertiary alicyclic amines) is 2. The molecule has 9 heteroatoms. The normalized spacial score (nSPS) is 23.2. The first-order valence-corrected chi connectivity index (χ1v) is 11.3. The zero-order valence-corrected chi connectivity index (χ0v) is 21.5. The zero-order chi connectivity index (χ0) is 21.5. The molecule has 3 N–H and O–H groups in total. The highest BCUT2D eigenvalue weighted by molar-refractivity contribution is 14.0. The van der Waals surface area contributed by atoms with Gasteiger partial charge in [-0.3, -0.25) is 9.89 Å². The second kappa shape index (κ2) is 12.7. The van der Waals surface area contributed by atoms with Crippen LogP contribution in [0.2, 0.25) is 5.02 Å². The van der Waals surface area contributed by atoms with Gasteiger partial charge in [-0.1, -0.05) is 23.7 Å². The van der Waals surface area contributed by atoms with Gasteiger partial charge < -0.3 is 20.7 Å². The van der Waals surface area contributed by atoms with E-state index >= 15 is 0 Å². The molecule has 1 aromatic carbocycles. The molecule has 0 aliphatic carbocycles. The van der Waals surface area contributed by atoms with Crippen LogP contribution in [0.5, 0.6) is 0 Å². The number of ether oxygens (including phenoxy) is 1. The first-order chi connectivity index (χ1) is 14.5. The van der Waals surface area contributed by atoms with Crippen molar-refractivity contribution >= 4 is 47.6 Å². The summed E-state index contributed by atoms with van der Waals surface area (Å²) >= 11 is 6.23. The van der Waals surface area contributed by atoms with Crippen LogP contribution in [-0.4, -0.2) is 67.7 Å². The molecule has 0 bridgehead atoms. The fraction of sp³-hybridized carbons (Fsp3) is 0.636. The Morgan fingerprint density at radius 3 is 2.71 bits per heavy atom. The molecule has 2 fully saturated rings. The number of hydrogen-bond acceptors (Lipinski definition) is 4. The maximum absolute atomic E-state index is 11.8. The molecule has 1 aromatic rings. The highest BCUT2D eigenvalue weighted by Gasteiger charge is 2.30. The highest BCUT2D eigenvalue weighted by Crippen LogP contribution is 2.36. The number of guanidine groups is 1. The van der Waals surface area contributed by atoms with Crippen molar-refractivity contribution in [3.8, 4) is 0 Å². The van der Waals surface area contributed by atoms with Gasteiger partial charge in [0, 0.05) is 36.7 Å². The van der Waals surface area contributed by atoms with Gasteiger partial charge >= 0.3 is 6.09 Å². The summed E-state index contributed by atoms with van der Waals surface area (Å²) in [6.45, 7) is 5.34. The number of amides is 1. The number of nitrogens with two attached hydrogens (primary N) is 1. The average Bonchev–Trinajstić information content (AvgIpc) is 2.73. The second-order valence-corrected chi connectivity index (χ2v) is 8.65. The van der Waals surface area contributed by atoms with E-state index in [-0.39, 0.29) is 36.1 Å². The molecule has 0 radical (unpaired) electrons. The molecule has 7 nitrogen and oxygen atoms in total. The molecule has 2 heterocycles. The topological polar surface area (TPSA) is 83.2 Å². The van der Waals surface area contributed by atoms with Crippen LogP contribution in [0.4, 0.5) is 4.79 Å². The van der Waals surface area contributed by atoms with Crippen LogP contribution in [0.25, 0.3) is 0 Å². The summed E-state index contributed by atoms with van der Waals surface area (Å²) in [5, 5.41) is 4.11. The maximum Gasteiger partial charge on any atom is 0.409 e. The van der Waals surface area contributed by atoms with E-state index < -0.39 is 0 Å². The van der Waals surface area contributed by atoms with Gasteiger partial charge in [0.15, 0.2) is 5.96 Å². The van der Waals surface area contributed by atoms with Crippen molar-refractivity contribution in [2.75, 3.05) is 39.8 Å². The Balaban J connectivity index is 0.00000341. The van der Waals surface area contributed by atoms with E-state index in [2.05, 4.69) is 34.4 Å². The Bertz CT molecular complexity index is 742. The van der Waals surface area contributed by atoms with Crippen LogP contribution >= 0.6 is 35.6 Å². The van der Waals surface area contributed by atoms with Crippen molar-refractivity contribution in [3.63, 3.8) is 0 Å². The summed E-state index contributed by atoms with van der Waals surface area (Å²) < 4.78 is 5.07. The van der Waals surface area contributed by atoms with E-state index in [1.54, 1.807) is 4.90 Å². The largest absolute Gasteiger partial charge is 0.450 e. The number of carbonyl (C=O) groups is 1. The summed E-state index contributed by atoms with van der Waals surface area (Å²) in [5.41, 5.74) is 7.44. The third kappa shape index (κ3) is 7.39. The molecule has 0 spiro atoms. The van der Waals surface area contributed by atoms with Crippen LogP contribution in [-0.2, 0) is 4.74 Å². The van der Waals surface area contributed by atoms with E-state index in [0.29, 0.717) is 44.2 Å². The lowest BCUT2D eigenvalue weighted by atomic mass is 9.85. The van der Waals surface area contributed by atoms with Gasteiger partial charge in [0.25, 0.3) is 0 Å². The molecule has 1 amide bonds. The van der Waals surface area contributed by atoms with Crippen LogP contribution in [0, 0.1) is 5.92 Å². The lowest BCUT2D eigenvalue weighted by Gasteiger charge is -2.39. The van der Waals surface area contributed by atoms with Crippen LogP contribution < -0.4 is 11.1 Å². The Morgan fingerprint density at radius 2 is 2.03 bits per heavy atom. The van der Waals surface area contributed by atoms with E-state index in [9.17, 15) is 4.79 Å². The Labute approximate surface area is 207 Å². The van der Waals surface area contributed by atoms with Gasteiger partial charge in [0.1, 0.15) is 0 Å². The first kappa shape index (κ1) is 26.0. The van der Waals surface area contributed by atoms with E-state index in [1.165, 1.54) is 5.56 Å². The predicted molar refractivity (Wildman–Crippen MR) is 136 cm³/mol. The number of rotatable bonds is 5. The summed E-state index contributed by atoms with van der Waals surface area (Å²) in [7, 11) is 2.17. The Morgan fingerprint density at radius 1 is 1.29 bits per heavy atom. The third-order valence-electron chi connectivity index (χ3n) is 6.07. The lowest BCUT2D eigenvalue weighted by molar-refractivity contribution is 0.0963. The third-order valence-corrected chi connectivity index (χ3v) is 6.30. The van der Waals surface area contributed by atoms with Gasteiger partial charge in [-0.05, 0) is 69.8 Å². The lowest BCUT2D eigenvalue weighted by Crippen LogP contribution is -2.48. The number of nitrogens with zero attached hydrogens (tertiary/aromatic N) is 3. The van der Waals surface area contributed by atoms with Crippen LogP contribution in [0.1, 0.15) is 44.2 Å². The van der Waals surface area contributed by atoms with Crippen molar-refractivity contribution in [2.45, 2.75) is 44.7 Å². The number of carbonyl (C=O) groups excluding carboxylic acids is 1. The molecule has 3 rings (SSSR count). The van der Waals surface area contributed by atoms with E-state index in [4.69, 9.17) is 22.1 Å². The molecule has 2 aliphatic heterocycles. The smallest absolute Gasteiger partial charge is 0.409 e. The number of nitrogens with one attached hydrogen (secondary N) is 1. The minimum Gasteiger partial charge on any atom is -0.450 e. The first-order valence-electron chi connectivity index (χ1n) is 10.9. The van der Waals surface area contributed by atoms with Gasteiger partial charge in [-0.2, -0.15) is 0 Å². The quantitative estimate of drug-likeness (QED) is 0.323. The average molecular weight is 564 g/mol. The number of aliphatic imine (C=N–C) groups is 1. The minimum absolute atomic E-state index is 0. The van der Waals surface area contributed by atoms with E-state index in [1.807, 2.05) is 19.1 Å². The molecular weight excluding hydrogens is 529 g/mol. The molecule has 31 heavy (non-hydrogen) atoms. The maximum atomic E-state index is 11.8. The SMILES string of the molecule is CCOC(=O)N1CCC(NC(N)=NCC2CCCN(C)C2c2cccc(Cl)c2)CC1.I. The van der Waals surface area contributed by atoms with Gasteiger partial charge in [0.05, 0.1) is 6.61 Å². The van der Waals surface area contributed by atoms with Crippen molar-refractivity contribution in [1.29, 1.82) is 0 Å². The summed E-state index contributed by atoms with van der Waals surface area (Å²) in [6, 6.07) is 8.66. The second-order valence-electron chi connectivity index (χ2n) is 8.21. The standard InChI is InChI=1S/C22H34ClN5O2.HI/c1-3-30-22(29)28-12-9-19(10-13-28)26-21(24)25-15-17-7-5-11-27(2)20(17)16-6-4-8-18(23)14-16;/h4,6,8,14,17,19-20H,3,5,7,9-13,15H2,1-2H3,(H3,24,25,26);1H. The molecule has 2 atom stereocenters. The van der Waals surface area contributed by atoms with E-state index in [0.717, 1.165) is 37.3 Å². The molecule has 0 saturated carbocycles. The number of benzene rings is 1. The number of piperidine rings is 2. The van der Waals surface area contributed by atoms with Crippen molar-refractivity contribution in [1.82, 2.24) is 15.1 Å². The summed E-state index contributed by atoms with van der Waals surface area (Å²) in [5.74, 6) is 0.885. The van der Waals surface area contributed by atoms with Crippen LogP contribution in [0.15, 0.2) is 29.3 Å². The zero-order valence-electron chi connectivity index (χ0n) is 18.4. The van der Waals surface area contributed by atoms with Crippen LogP contribution in [0.3, 0.4) is 0 Å². The molecule has 2 aliphatic rings. The highest BCUT2D eigenvalue weighted by atomic mass is 127. The van der Waals surface area contributed by atoms with Crippen molar-refractivity contribution < 1.29 is 9.53 Å². The fourth-order valence-electron chi connectivity index (χ4n) is 4.56. The summed E-state index contributed by atoms with van der Waals surface area (Å²) in [6.07, 6.45) is 3.73. The fourth-order valence-corrected chi connectivity index (χ4v) is 4.76.